The second-order valence-corrected chi connectivity index (χ2v) is 5.27. The third-order valence-corrected chi connectivity index (χ3v) is 2.50. The summed E-state index contributed by atoms with van der Waals surface area (Å²) < 4.78 is 10.4. The zero-order valence-corrected chi connectivity index (χ0v) is 10.7. The SMILES string of the molecule is CC(C)(C)OC(=O)N1CC(c2nnc(CO)o2)C1. The van der Waals surface area contributed by atoms with Crippen LogP contribution in [0.4, 0.5) is 4.79 Å². The Labute approximate surface area is 105 Å². The Hall–Kier alpha value is -1.63. The average molecular weight is 255 g/mol. The number of ether oxygens (including phenoxy) is 1. The number of carbonyl (C=O) groups is 1. The average Bonchev–Trinajstić information content (AvgIpc) is 2.60. The van der Waals surface area contributed by atoms with Crippen LogP contribution < -0.4 is 0 Å². The molecule has 100 valence electrons. The first kappa shape index (κ1) is 12.8. The fourth-order valence-electron chi connectivity index (χ4n) is 1.61. The van der Waals surface area contributed by atoms with E-state index in [0.717, 1.165) is 0 Å². The van der Waals surface area contributed by atoms with Gasteiger partial charge in [0.1, 0.15) is 12.2 Å². The third kappa shape index (κ3) is 2.79. The van der Waals surface area contributed by atoms with Crippen LogP contribution in [0.25, 0.3) is 0 Å². The van der Waals surface area contributed by atoms with Gasteiger partial charge in [-0.2, -0.15) is 0 Å². The smallest absolute Gasteiger partial charge is 0.410 e. The summed E-state index contributed by atoms with van der Waals surface area (Å²) >= 11 is 0. The van der Waals surface area contributed by atoms with Gasteiger partial charge in [-0.1, -0.05) is 0 Å². The molecule has 1 aliphatic rings. The number of aliphatic hydroxyl groups excluding tert-OH is 1. The van der Waals surface area contributed by atoms with Gasteiger partial charge in [0.25, 0.3) is 0 Å². The van der Waals surface area contributed by atoms with Crippen LogP contribution in [0.15, 0.2) is 4.42 Å². The molecule has 1 N–H and O–H groups in total. The van der Waals surface area contributed by atoms with Crippen molar-refractivity contribution in [2.45, 2.75) is 38.9 Å². The predicted molar refractivity (Wildman–Crippen MR) is 60.8 cm³/mol. The van der Waals surface area contributed by atoms with Crippen molar-refractivity contribution in [2.24, 2.45) is 0 Å². The molecule has 0 aliphatic carbocycles. The lowest BCUT2D eigenvalue weighted by Gasteiger charge is -2.37. The molecule has 0 saturated carbocycles. The Balaban J connectivity index is 1.85. The fraction of sp³-hybridized carbons (Fsp3) is 0.727. The molecule has 2 rings (SSSR count). The molecule has 0 bridgehead atoms. The molecule has 1 amide bonds. The number of amides is 1. The van der Waals surface area contributed by atoms with Gasteiger partial charge < -0.3 is 19.2 Å². The van der Waals surface area contributed by atoms with E-state index in [1.165, 1.54) is 0 Å². The van der Waals surface area contributed by atoms with Crippen LogP contribution in [0.1, 0.15) is 38.5 Å². The van der Waals surface area contributed by atoms with Crippen LogP contribution in [0.3, 0.4) is 0 Å². The highest BCUT2D eigenvalue weighted by molar-refractivity contribution is 5.69. The maximum absolute atomic E-state index is 11.7. The van der Waals surface area contributed by atoms with Gasteiger partial charge in [-0.05, 0) is 20.8 Å². The van der Waals surface area contributed by atoms with Gasteiger partial charge in [0, 0.05) is 13.1 Å². The Morgan fingerprint density at radius 3 is 2.67 bits per heavy atom. The van der Waals surface area contributed by atoms with Gasteiger partial charge in [0.05, 0.1) is 5.92 Å². The van der Waals surface area contributed by atoms with Crippen molar-refractivity contribution >= 4 is 6.09 Å². The van der Waals surface area contributed by atoms with Gasteiger partial charge >= 0.3 is 6.09 Å². The maximum atomic E-state index is 11.7. The van der Waals surface area contributed by atoms with Gasteiger partial charge in [0.15, 0.2) is 0 Å². The molecule has 0 radical (unpaired) electrons. The summed E-state index contributed by atoms with van der Waals surface area (Å²) in [6.45, 7) is 6.22. The number of nitrogens with zero attached hydrogens (tertiary/aromatic N) is 3. The number of carbonyl (C=O) groups excluding carboxylic acids is 1. The lowest BCUT2D eigenvalue weighted by Crippen LogP contribution is -2.50. The highest BCUT2D eigenvalue weighted by Crippen LogP contribution is 2.27. The number of aliphatic hydroxyl groups is 1. The highest BCUT2D eigenvalue weighted by atomic mass is 16.6. The van der Waals surface area contributed by atoms with Crippen molar-refractivity contribution in [2.75, 3.05) is 13.1 Å². The molecule has 0 aromatic carbocycles. The second kappa shape index (κ2) is 4.56. The van der Waals surface area contributed by atoms with Crippen molar-refractivity contribution in [3.63, 3.8) is 0 Å². The number of likely N-dealkylation sites (tertiary alicyclic amines) is 1. The predicted octanol–water partition coefficient (Wildman–Crippen LogP) is 0.896. The Kier molecular flexibility index (Phi) is 3.25. The minimum absolute atomic E-state index is 0.0327. The summed E-state index contributed by atoms with van der Waals surface area (Å²) in [6, 6.07) is 0. The summed E-state index contributed by atoms with van der Waals surface area (Å²) in [4.78, 5) is 13.3. The Morgan fingerprint density at radius 1 is 1.50 bits per heavy atom. The number of hydrogen-bond donors (Lipinski definition) is 1. The van der Waals surface area contributed by atoms with Crippen LogP contribution >= 0.6 is 0 Å². The van der Waals surface area contributed by atoms with Gasteiger partial charge in [0.2, 0.25) is 11.8 Å². The lowest BCUT2D eigenvalue weighted by molar-refractivity contribution is 0.00587. The van der Waals surface area contributed by atoms with Crippen LogP contribution in [-0.2, 0) is 11.3 Å². The maximum Gasteiger partial charge on any atom is 0.410 e. The first-order chi connectivity index (χ1) is 8.39. The first-order valence-electron chi connectivity index (χ1n) is 5.80. The third-order valence-electron chi connectivity index (χ3n) is 2.50. The zero-order valence-electron chi connectivity index (χ0n) is 10.7. The topological polar surface area (TPSA) is 88.7 Å². The molecule has 1 fully saturated rings. The Morgan fingerprint density at radius 2 is 2.17 bits per heavy atom. The van der Waals surface area contributed by atoms with Crippen molar-refractivity contribution in [3.8, 4) is 0 Å². The number of aromatic nitrogens is 2. The molecule has 7 nitrogen and oxygen atoms in total. The molecule has 2 heterocycles. The molecular formula is C11H17N3O4. The standard InChI is InChI=1S/C11H17N3O4/c1-11(2,3)18-10(16)14-4-7(5-14)9-13-12-8(6-15)17-9/h7,15H,4-6H2,1-3H3. The van der Waals surface area contributed by atoms with Gasteiger partial charge in [-0.25, -0.2) is 4.79 Å². The normalized spacial score (nSPS) is 16.6. The largest absolute Gasteiger partial charge is 0.444 e. The monoisotopic (exact) mass is 255 g/mol. The quantitative estimate of drug-likeness (QED) is 0.844. The summed E-state index contributed by atoms with van der Waals surface area (Å²) in [5.41, 5.74) is -0.489. The van der Waals surface area contributed by atoms with E-state index in [1.807, 2.05) is 20.8 Å². The van der Waals surface area contributed by atoms with Gasteiger partial charge in [-0.3, -0.25) is 0 Å². The summed E-state index contributed by atoms with van der Waals surface area (Å²) in [6.07, 6.45) is -0.333. The molecule has 0 spiro atoms. The minimum atomic E-state index is -0.489. The number of hydrogen-bond acceptors (Lipinski definition) is 6. The molecule has 1 aliphatic heterocycles. The molecular weight excluding hydrogens is 238 g/mol. The summed E-state index contributed by atoms with van der Waals surface area (Å²) in [5, 5.41) is 16.3. The van der Waals surface area contributed by atoms with E-state index in [9.17, 15) is 4.79 Å². The van der Waals surface area contributed by atoms with E-state index >= 15 is 0 Å². The van der Waals surface area contributed by atoms with E-state index in [2.05, 4.69) is 10.2 Å². The van der Waals surface area contributed by atoms with E-state index in [1.54, 1.807) is 4.90 Å². The lowest BCUT2D eigenvalue weighted by atomic mass is 10.0. The first-order valence-corrected chi connectivity index (χ1v) is 5.80. The van der Waals surface area contributed by atoms with E-state index < -0.39 is 5.60 Å². The molecule has 1 aromatic rings. The number of rotatable bonds is 2. The Bertz CT molecular complexity index is 432. The second-order valence-electron chi connectivity index (χ2n) is 5.27. The van der Waals surface area contributed by atoms with Crippen LogP contribution in [0, 0.1) is 0 Å². The van der Waals surface area contributed by atoms with E-state index in [0.29, 0.717) is 19.0 Å². The van der Waals surface area contributed by atoms with Crippen molar-refractivity contribution in [1.82, 2.24) is 15.1 Å². The summed E-state index contributed by atoms with van der Waals surface area (Å²) in [7, 11) is 0. The van der Waals surface area contributed by atoms with Crippen molar-refractivity contribution in [1.29, 1.82) is 0 Å². The molecule has 0 unspecified atom stereocenters. The zero-order chi connectivity index (χ0) is 13.3. The molecule has 1 aromatic heterocycles. The summed E-state index contributed by atoms with van der Waals surface area (Å²) in [5.74, 6) is 0.685. The van der Waals surface area contributed by atoms with Crippen LogP contribution in [0.2, 0.25) is 0 Å². The van der Waals surface area contributed by atoms with E-state index in [-0.39, 0.29) is 24.5 Å². The molecule has 18 heavy (non-hydrogen) atoms. The van der Waals surface area contributed by atoms with Crippen molar-refractivity contribution < 1.29 is 19.1 Å². The van der Waals surface area contributed by atoms with E-state index in [4.69, 9.17) is 14.3 Å². The fourth-order valence-corrected chi connectivity index (χ4v) is 1.61. The molecule has 1 saturated heterocycles. The molecule has 7 heteroatoms. The molecule has 0 atom stereocenters. The highest BCUT2D eigenvalue weighted by Gasteiger charge is 2.37. The van der Waals surface area contributed by atoms with Crippen molar-refractivity contribution in [3.05, 3.63) is 11.8 Å². The van der Waals surface area contributed by atoms with Gasteiger partial charge in [-0.15, -0.1) is 10.2 Å². The van der Waals surface area contributed by atoms with Crippen LogP contribution in [-0.4, -0.2) is 45.0 Å². The van der Waals surface area contributed by atoms with Crippen LogP contribution in [0.5, 0.6) is 0 Å². The minimum Gasteiger partial charge on any atom is -0.444 e.